The molecule has 0 saturated carbocycles. The summed E-state index contributed by atoms with van der Waals surface area (Å²) in [6.07, 6.45) is 0. The molecule has 1 saturated heterocycles. The number of carbonyl (C=O) groups excluding carboxylic acids is 4. The van der Waals surface area contributed by atoms with Crippen LogP contribution in [0.5, 0.6) is 11.5 Å². The summed E-state index contributed by atoms with van der Waals surface area (Å²) in [6, 6.07) is 10.3. The first-order valence-corrected chi connectivity index (χ1v) is 13.6. The molecular formula is C25H21ClN4O7S2. The summed E-state index contributed by atoms with van der Waals surface area (Å²) in [6.45, 7) is -0.335. The number of fused-ring (bicyclic) bond motifs is 2. The number of imide groups is 3. The number of likely N-dealkylation sites (tertiary alicyclic amines) is 1. The number of rotatable bonds is 6. The molecule has 1 fully saturated rings. The van der Waals surface area contributed by atoms with Crippen molar-refractivity contribution >= 4 is 64.1 Å². The van der Waals surface area contributed by atoms with Crippen LogP contribution >= 0.6 is 34.7 Å². The summed E-state index contributed by atoms with van der Waals surface area (Å²) in [5.74, 6) is -2.96. The molecular weight excluding hydrogens is 568 g/mol. The van der Waals surface area contributed by atoms with Crippen molar-refractivity contribution in [3.05, 3.63) is 67.6 Å². The highest BCUT2D eigenvalue weighted by molar-refractivity contribution is 8.00. The Morgan fingerprint density at radius 1 is 1.03 bits per heavy atom. The van der Waals surface area contributed by atoms with E-state index in [1.807, 2.05) is 0 Å². The predicted octanol–water partition coefficient (Wildman–Crippen LogP) is 2.89. The van der Waals surface area contributed by atoms with E-state index in [4.69, 9.17) is 26.8 Å². The van der Waals surface area contributed by atoms with Crippen LogP contribution in [0, 0.1) is 5.92 Å². The average Bonchev–Trinajstić information content (AvgIpc) is 3.35. The van der Waals surface area contributed by atoms with Crippen molar-refractivity contribution in [3.63, 3.8) is 0 Å². The molecule has 0 bridgehead atoms. The van der Waals surface area contributed by atoms with Gasteiger partial charge >= 0.3 is 10.9 Å². The molecule has 3 atom stereocenters. The second kappa shape index (κ2) is 10.4. The van der Waals surface area contributed by atoms with Crippen molar-refractivity contribution in [2.75, 3.05) is 19.5 Å². The number of primary amides is 1. The normalized spacial score (nSPS) is 19.9. The zero-order valence-corrected chi connectivity index (χ0v) is 22.9. The number of thioether (sulfide) groups is 1. The number of nitrogens with one attached hydrogen (secondary N) is 1. The molecule has 2 aliphatic heterocycles. The van der Waals surface area contributed by atoms with E-state index in [9.17, 15) is 24.0 Å². The van der Waals surface area contributed by atoms with Crippen molar-refractivity contribution in [2.24, 2.45) is 11.7 Å². The molecule has 2 aliphatic rings. The van der Waals surface area contributed by atoms with Crippen LogP contribution in [-0.4, -0.2) is 52.7 Å². The maximum atomic E-state index is 13.3. The highest BCUT2D eigenvalue weighted by Crippen LogP contribution is 2.54. The first-order valence-electron chi connectivity index (χ1n) is 11.5. The maximum Gasteiger partial charge on any atom is 0.328 e. The van der Waals surface area contributed by atoms with E-state index < -0.39 is 45.7 Å². The van der Waals surface area contributed by atoms with Gasteiger partial charge in [-0.1, -0.05) is 40.8 Å². The van der Waals surface area contributed by atoms with Crippen molar-refractivity contribution in [1.82, 2.24) is 9.47 Å². The standard InChI is InChI=1S/C25H21ClN4O7S2/c1-36-14-8-3-11(9-15(14)37-2)17-18-19(22(33)30(21(18)32)24(27)34)38-23-20(17)39-25(35)29(23)10-16(31)28-13-6-4-12(26)5-7-13/h3-9,17-19H,10H2,1-2H3,(H2,27,34)(H,28,31)/t17-,18?,19?/m0/s1. The fourth-order valence-corrected chi connectivity index (χ4v) is 7.65. The second-order valence-corrected chi connectivity index (χ2v) is 11.2. The minimum atomic E-state index is -1.17. The predicted molar refractivity (Wildman–Crippen MR) is 145 cm³/mol. The van der Waals surface area contributed by atoms with Crippen LogP contribution in [0.2, 0.25) is 5.02 Å². The Hall–Kier alpha value is -3.81. The van der Waals surface area contributed by atoms with Crippen LogP contribution in [0.15, 0.2) is 52.3 Å². The number of benzene rings is 2. The van der Waals surface area contributed by atoms with Gasteiger partial charge in [0.25, 0.3) is 5.91 Å². The van der Waals surface area contributed by atoms with Crippen LogP contribution in [0.3, 0.4) is 0 Å². The van der Waals surface area contributed by atoms with Gasteiger partial charge in [-0.3, -0.25) is 23.7 Å². The van der Waals surface area contributed by atoms with Crippen molar-refractivity contribution in [1.29, 1.82) is 0 Å². The van der Waals surface area contributed by atoms with E-state index in [1.165, 1.54) is 18.8 Å². The Labute approximate surface area is 234 Å². The van der Waals surface area contributed by atoms with Gasteiger partial charge in [0, 0.05) is 21.5 Å². The Morgan fingerprint density at radius 2 is 1.72 bits per heavy atom. The van der Waals surface area contributed by atoms with Gasteiger partial charge in [-0.05, 0) is 42.0 Å². The Kier molecular flexibility index (Phi) is 7.14. The Balaban J connectivity index is 1.59. The average molecular weight is 589 g/mol. The maximum absolute atomic E-state index is 13.3. The third kappa shape index (κ3) is 4.66. The molecule has 39 heavy (non-hydrogen) atoms. The number of urea groups is 1. The number of hydrogen-bond acceptors (Lipinski definition) is 9. The lowest BCUT2D eigenvalue weighted by Gasteiger charge is -2.31. The Morgan fingerprint density at radius 3 is 2.36 bits per heavy atom. The van der Waals surface area contributed by atoms with Crippen LogP contribution in [0.25, 0.3) is 0 Å². The van der Waals surface area contributed by atoms with Gasteiger partial charge in [0.15, 0.2) is 11.5 Å². The summed E-state index contributed by atoms with van der Waals surface area (Å²) in [7, 11) is 2.94. The summed E-state index contributed by atoms with van der Waals surface area (Å²) >= 11 is 7.75. The lowest BCUT2D eigenvalue weighted by Crippen LogP contribution is -2.41. The molecule has 5 amide bonds. The van der Waals surface area contributed by atoms with E-state index in [0.717, 1.165) is 23.1 Å². The zero-order valence-electron chi connectivity index (χ0n) is 20.5. The fourth-order valence-electron chi connectivity index (χ4n) is 4.76. The summed E-state index contributed by atoms with van der Waals surface area (Å²) in [5, 5.41) is 2.55. The number of aromatic nitrogens is 1. The first kappa shape index (κ1) is 26.8. The smallest absolute Gasteiger partial charge is 0.328 e. The van der Waals surface area contributed by atoms with Gasteiger partial charge in [0.05, 0.1) is 25.2 Å². The summed E-state index contributed by atoms with van der Waals surface area (Å²) in [4.78, 5) is 65.1. The van der Waals surface area contributed by atoms with Crippen molar-refractivity contribution < 1.29 is 28.7 Å². The number of hydrogen-bond donors (Lipinski definition) is 2. The highest BCUT2D eigenvalue weighted by atomic mass is 35.5. The number of halogens is 1. The van der Waals surface area contributed by atoms with E-state index in [1.54, 1.807) is 42.5 Å². The van der Waals surface area contributed by atoms with Crippen molar-refractivity contribution in [2.45, 2.75) is 22.7 Å². The largest absolute Gasteiger partial charge is 0.493 e. The molecule has 3 heterocycles. The van der Waals surface area contributed by atoms with Gasteiger partial charge in [-0.2, -0.15) is 4.90 Å². The van der Waals surface area contributed by atoms with E-state index in [2.05, 4.69) is 5.32 Å². The molecule has 202 valence electrons. The number of methoxy groups -OCH3 is 2. The van der Waals surface area contributed by atoms with E-state index in [-0.39, 0.29) is 6.54 Å². The van der Waals surface area contributed by atoms with Gasteiger partial charge in [0.1, 0.15) is 11.8 Å². The third-order valence-corrected chi connectivity index (χ3v) is 9.32. The van der Waals surface area contributed by atoms with Gasteiger partial charge in [-0.15, -0.1) is 0 Å². The third-order valence-electron chi connectivity index (χ3n) is 6.47. The number of thiazole rings is 1. The molecule has 3 N–H and O–H groups in total. The molecule has 0 radical (unpaired) electrons. The zero-order chi connectivity index (χ0) is 28.0. The van der Waals surface area contributed by atoms with Crippen LogP contribution < -0.4 is 25.4 Å². The molecule has 1 aromatic heterocycles. The lowest BCUT2D eigenvalue weighted by molar-refractivity contribution is -0.135. The minimum absolute atomic E-state index is 0.335. The fraction of sp³-hybridized carbons (Fsp3) is 0.240. The molecule has 0 aliphatic carbocycles. The summed E-state index contributed by atoms with van der Waals surface area (Å²) in [5.41, 5.74) is 6.43. The monoisotopic (exact) mass is 588 g/mol. The molecule has 2 unspecified atom stereocenters. The number of ether oxygens (including phenoxy) is 2. The van der Waals surface area contributed by atoms with E-state index in [0.29, 0.717) is 42.6 Å². The number of carbonyl (C=O) groups is 4. The topological polar surface area (TPSA) is 150 Å². The van der Waals surface area contributed by atoms with Crippen LogP contribution in [0.4, 0.5) is 10.5 Å². The molecule has 3 aromatic rings. The molecule has 2 aromatic carbocycles. The molecule has 0 spiro atoms. The van der Waals surface area contributed by atoms with Crippen LogP contribution in [-0.2, 0) is 20.9 Å². The number of amides is 5. The lowest BCUT2D eigenvalue weighted by atomic mass is 9.83. The number of anilines is 1. The minimum Gasteiger partial charge on any atom is -0.493 e. The van der Waals surface area contributed by atoms with Gasteiger partial charge in [0.2, 0.25) is 11.8 Å². The van der Waals surface area contributed by atoms with Crippen LogP contribution in [0.1, 0.15) is 16.4 Å². The highest BCUT2D eigenvalue weighted by Gasteiger charge is 2.58. The number of nitrogens with two attached hydrogens (primary N) is 1. The molecule has 11 nitrogen and oxygen atoms in total. The first-order chi connectivity index (χ1) is 18.6. The van der Waals surface area contributed by atoms with Gasteiger partial charge < -0.3 is 20.5 Å². The SMILES string of the molecule is COc1ccc([C@@H]2c3sc(=O)n(CC(=O)Nc4ccc(Cl)cc4)c3SC3C(=O)N(C(N)=O)C(=O)C32)cc1OC. The van der Waals surface area contributed by atoms with E-state index >= 15 is 0 Å². The molecule has 14 heteroatoms. The quantitative estimate of drug-likeness (QED) is 0.417. The second-order valence-electron chi connectivity index (χ2n) is 8.69. The molecule has 5 rings (SSSR count). The Bertz CT molecular complexity index is 1570. The van der Waals surface area contributed by atoms with Gasteiger partial charge in [-0.25, -0.2) is 4.79 Å². The summed E-state index contributed by atoms with van der Waals surface area (Å²) < 4.78 is 12.0. The van der Waals surface area contributed by atoms with Crippen molar-refractivity contribution in [3.8, 4) is 11.5 Å². The number of nitrogens with zero attached hydrogens (tertiary/aromatic N) is 2.